The molecule has 4 heteroatoms. The molecule has 0 saturated carbocycles. The SMILES string of the molecule is Cc1cccc(-c2nc3ccc(NN)cc3[nH]2)c1. The molecule has 0 amide bonds. The Labute approximate surface area is 105 Å². The summed E-state index contributed by atoms with van der Waals surface area (Å²) < 4.78 is 0. The number of benzene rings is 2. The molecule has 0 unspecified atom stereocenters. The summed E-state index contributed by atoms with van der Waals surface area (Å²) in [5.41, 5.74) is 7.71. The molecule has 0 aliphatic heterocycles. The van der Waals surface area contributed by atoms with Crippen LogP contribution in [0.4, 0.5) is 5.69 Å². The molecule has 0 bridgehead atoms. The van der Waals surface area contributed by atoms with Crippen LogP contribution in [0.3, 0.4) is 0 Å². The molecule has 0 atom stereocenters. The lowest BCUT2D eigenvalue weighted by molar-refractivity contribution is 1.32. The molecule has 0 aliphatic carbocycles. The van der Waals surface area contributed by atoms with Crippen molar-refractivity contribution in [2.75, 3.05) is 5.43 Å². The van der Waals surface area contributed by atoms with Crippen molar-refractivity contribution in [3.63, 3.8) is 0 Å². The molecule has 18 heavy (non-hydrogen) atoms. The Morgan fingerprint density at radius 3 is 2.83 bits per heavy atom. The van der Waals surface area contributed by atoms with Gasteiger partial charge in [0.2, 0.25) is 0 Å². The van der Waals surface area contributed by atoms with Crippen LogP contribution in [-0.4, -0.2) is 9.97 Å². The van der Waals surface area contributed by atoms with E-state index in [1.54, 1.807) is 0 Å². The van der Waals surface area contributed by atoms with Crippen LogP contribution in [-0.2, 0) is 0 Å². The minimum Gasteiger partial charge on any atom is -0.338 e. The molecule has 4 N–H and O–H groups in total. The van der Waals surface area contributed by atoms with Crippen molar-refractivity contribution in [1.29, 1.82) is 0 Å². The van der Waals surface area contributed by atoms with E-state index in [1.807, 2.05) is 30.3 Å². The highest BCUT2D eigenvalue weighted by molar-refractivity contribution is 5.82. The summed E-state index contributed by atoms with van der Waals surface area (Å²) in [5, 5.41) is 0. The van der Waals surface area contributed by atoms with Crippen molar-refractivity contribution in [3.05, 3.63) is 48.0 Å². The Morgan fingerprint density at radius 1 is 1.17 bits per heavy atom. The fourth-order valence-corrected chi connectivity index (χ4v) is 2.03. The molecule has 0 radical (unpaired) electrons. The van der Waals surface area contributed by atoms with Crippen LogP contribution in [0, 0.1) is 6.92 Å². The third-order valence-electron chi connectivity index (χ3n) is 2.94. The monoisotopic (exact) mass is 238 g/mol. The first-order valence-electron chi connectivity index (χ1n) is 5.80. The van der Waals surface area contributed by atoms with Crippen LogP contribution in [0.1, 0.15) is 5.56 Å². The number of hydrazine groups is 1. The van der Waals surface area contributed by atoms with E-state index in [9.17, 15) is 0 Å². The molecule has 3 rings (SSSR count). The molecule has 1 heterocycles. The molecule has 0 fully saturated rings. The lowest BCUT2D eigenvalue weighted by atomic mass is 10.1. The number of rotatable bonds is 2. The summed E-state index contributed by atoms with van der Waals surface area (Å²) in [6.07, 6.45) is 0. The third-order valence-corrected chi connectivity index (χ3v) is 2.94. The Morgan fingerprint density at radius 2 is 2.06 bits per heavy atom. The topological polar surface area (TPSA) is 66.7 Å². The Bertz CT molecular complexity index is 700. The molecule has 2 aromatic carbocycles. The van der Waals surface area contributed by atoms with Gasteiger partial charge in [0.1, 0.15) is 5.82 Å². The lowest BCUT2D eigenvalue weighted by Gasteiger charge is -1.97. The zero-order valence-corrected chi connectivity index (χ0v) is 10.1. The lowest BCUT2D eigenvalue weighted by Crippen LogP contribution is -2.05. The molecular weight excluding hydrogens is 224 g/mol. The number of anilines is 1. The minimum atomic E-state index is 0.863. The van der Waals surface area contributed by atoms with Crippen LogP contribution in [0.5, 0.6) is 0 Å². The number of aryl methyl sites for hydroxylation is 1. The summed E-state index contributed by atoms with van der Waals surface area (Å²) in [6.45, 7) is 2.07. The summed E-state index contributed by atoms with van der Waals surface area (Å²) in [6, 6.07) is 14.1. The van der Waals surface area contributed by atoms with Crippen molar-refractivity contribution >= 4 is 16.7 Å². The number of nitrogen functional groups attached to an aromatic ring is 1. The standard InChI is InChI=1S/C14H14N4/c1-9-3-2-4-10(7-9)14-16-12-6-5-11(18-15)8-13(12)17-14/h2-8,18H,15H2,1H3,(H,16,17). The van der Waals surface area contributed by atoms with Gasteiger partial charge in [-0.05, 0) is 31.2 Å². The number of nitrogens with two attached hydrogens (primary N) is 1. The van der Waals surface area contributed by atoms with Crippen molar-refractivity contribution in [2.24, 2.45) is 5.84 Å². The van der Waals surface area contributed by atoms with Crippen molar-refractivity contribution in [3.8, 4) is 11.4 Å². The second kappa shape index (κ2) is 4.16. The number of nitrogens with one attached hydrogen (secondary N) is 2. The molecule has 4 nitrogen and oxygen atoms in total. The number of hydrogen-bond acceptors (Lipinski definition) is 3. The number of aromatic amines is 1. The zero-order valence-electron chi connectivity index (χ0n) is 10.1. The highest BCUT2D eigenvalue weighted by Crippen LogP contribution is 2.23. The summed E-state index contributed by atoms with van der Waals surface area (Å²) in [7, 11) is 0. The maximum atomic E-state index is 5.39. The first kappa shape index (κ1) is 10.8. The number of fused-ring (bicyclic) bond motifs is 1. The number of H-pyrrole nitrogens is 1. The largest absolute Gasteiger partial charge is 0.338 e. The van der Waals surface area contributed by atoms with Gasteiger partial charge in [-0.15, -0.1) is 0 Å². The van der Waals surface area contributed by atoms with E-state index >= 15 is 0 Å². The van der Waals surface area contributed by atoms with Gasteiger partial charge in [0, 0.05) is 5.56 Å². The van der Waals surface area contributed by atoms with Crippen molar-refractivity contribution in [1.82, 2.24) is 9.97 Å². The summed E-state index contributed by atoms with van der Waals surface area (Å²) in [5.74, 6) is 6.27. The second-order valence-corrected chi connectivity index (χ2v) is 4.33. The van der Waals surface area contributed by atoms with Gasteiger partial charge < -0.3 is 10.4 Å². The van der Waals surface area contributed by atoms with Gasteiger partial charge >= 0.3 is 0 Å². The Hall–Kier alpha value is -2.33. The van der Waals surface area contributed by atoms with E-state index in [1.165, 1.54) is 5.56 Å². The Kier molecular flexibility index (Phi) is 2.50. The van der Waals surface area contributed by atoms with Crippen LogP contribution in [0.2, 0.25) is 0 Å². The van der Waals surface area contributed by atoms with Crippen LogP contribution in [0.25, 0.3) is 22.4 Å². The number of hydrogen-bond donors (Lipinski definition) is 3. The predicted molar refractivity (Wildman–Crippen MR) is 74.1 cm³/mol. The molecular formula is C14H14N4. The first-order valence-corrected chi connectivity index (χ1v) is 5.80. The van der Waals surface area contributed by atoms with Crippen molar-refractivity contribution in [2.45, 2.75) is 6.92 Å². The van der Waals surface area contributed by atoms with Crippen LogP contribution < -0.4 is 11.3 Å². The van der Waals surface area contributed by atoms with Crippen LogP contribution >= 0.6 is 0 Å². The average molecular weight is 238 g/mol. The van der Waals surface area contributed by atoms with E-state index in [4.69, 9.17) is 5.84 Å². The van der Waals surface area contributed by atoms with E-state index in [2.05, 4.69) is 34.5 Å². The summed E-state index contributed by atoms with van der Waals surface area (Å²) >= 11 is 0. The number of imidazole rings is 1. The van der Waals surface area contributed by atoms with Gasteiger partial charge in [-0.2, -0.15) is 0 Å². The van der Waals surface area contributed by atoms with Crippen LogP contribution in [0.15, 0.2) is 42.5 Å². The maximum Gasteiger partial charge on any atom is 0.138 e. The fraction of sp³-hybridized carbons (Fsp3) is 0.0714. The second-order valence-electron chi connectivity index (χ2n) is 4.33. The normalized spacial score (nSPS) is 10.8. The molecule has 1 aromatic heterocycles. The smallest absolute Gasteiger partial charge is 0.138 e. The number of nitrogens with zero attached hydrogens (tertiary/aromatic N) is 1. The van der Waals surface area contributed by atoms with Crippen molar-refractivity contribution < 1.29 is 0 Å². The molecule has 0 aliphatic rings. The molecule has 0 spiro atoms. The van der Waals surface area contributed by atoms with Gasteiger partial charge in [-0.1, -0.05) is 23.8 Å². The number of aromatic nitrogens is 2. The molecule has 0 saturated heterocycles. The highest BCUT2D eigenvalue weighted by atomic mass is 15.2. The third kappa shape index (κ3) is 1.83. The predicted octanol–water partition coefficient (Wildman–Crippen LogP) is 2.82. The van der Waals surface area contributed by atoms with Gasteiger partial charge in [-0.25, -0.2) is 4.98 Å². The molecule has 90 valence electrons. The van der Waals surface area contributed by atoms with Gasteiger partial charge in [-0.3, -0.25) is 5.84 Å². The first-order chi connectivity index (χ1) is 8.76. The fourth-order valence-electron chi connectivity index (χ4n) is 2.03. The van der Waals surface area contributed by atoms with E-state index in [0.29, 0.717) is 0 Å². The average Bonchev–Trinajstić information content (AvgIpc) is 2.81. The quantitative estimate of drug-likeness (QED) is 0.475. The maximum absolute atomic E-state index is 5.39. The van der Waals surface area contributed by atoms with E-state index in [0.717, 1.165) is 28.1 Å². The molecule has 3 aromatic rings. The zero-order chi connectivity index (χ0) is 12.5. The van der Waals surface area contributed by atoms with E-state index in [-0.39, 0.29) is 0 Å². The summed E-state index contributed by atoms with van der Waals surface area (Å²) in [4.78, 5) is 7.88. The van der Waals surface area contributed by atoms with Gasteiger partial charge in [0.15, 0.2) is 0 Å². The Balaban J connectivity index is 2.13. The highest BCUT2D eigenvalue weighted by Gasteiger charge is 2.05. The van der Waals surface area contributed by atoms with E-state index < -0.39 is 0 Å². The van der Waals surface area contributed by atoms with Gasteiger partial charge in [0.05, 0.1) is 16.7 Å². The van der Waals surface area contributed by atoms with Gasteiger partial charge in [0.25, 0.3) is 0 Å². The minimum absolute atomic E-state index is 0.863.